The second-order valence-corrected chi connectivity index (χ2v) is 4.44. The third-order valence-corrected chi connectivity index (χ3v) is 2.92. The van der Waals surface area contributed by atoms with Crippen LogP contribution in [0.15, 0.2) is 47.6 Å². The van der Waals surface area contributed by atoms with Gasteiger partial charge in [-0.05, 0) is 48.4 Å². The molecule has 0 radical (unpaired) electrons. The predicted octanol–water partition coefficient (Wildman–Crippen LogP) is 3.37. The molecule has 2 aromatic rings. The summed E-state index contributed by atoms with van der Waals surface area (Å²) in [4.78, 5) is 11.4. The zero-order valence-corrected chi connectivity index (χ0v) is 11.8. The molecule has 0 aliphatic heterocycles. The van der Waals surface area contributed by atoms with Crippen LogP contribution in [0.5, 0.6) is 0 Å². The second kappa shape index (κ2) is 6.65. The number of ether oxygens (including phenoxy) is 1. The first-order valence-corrected chi connectivity index (χ1v) is 6.34. The van der Waals surface area contributed by atoms with E-state index < -0.39 is 0 Å². The number of hydrazone groups is 1. The van der Waals surface area contributed by atoms with Gasteiger partial charge in [0, 0.05) is 0 Å². The Morgan fingerprint density at radius 3 is 2.57 bits per heavy atom. The van der Waals surface area contributed by atoms with Crippen LogP contribution in [0, 0.1) is 12.7 Å². The van der Waals surface area contributed by atoms with Gasteiger partial charge in [-0.3, -0.25) is 5.43 Å². The van der Waals surface area contributed by atoms with Crippen molar-refractivity contribution in [1.29, 1.82) is 0 Å². The predicted molar refractivity (Wildman–Crippen MR) is 80.1 cm³/mol. The fourth-order valence-electron chi connectivity index (χ4n) is 1.76. The maximum Gasteiger partial charge on any atom is 0.337 e. The van der Waals surface area contributed by atoms with Gasteiger partial charge in [0.15, 0.2) is 0 Å². The molecule has 0 fully saturated rings. The number of carbonyl (C=O) groups is 1. The van der Waals surface area contributed by atoms with Crippen LogP contribution in [-0.2, 0) is 4.74 Å². The molecule has 0 aromatic heterocycles. The van der Waals surface area contributed by atoms with E-state index in [0.717, 1.165) is 16.8 Å². The lowest BCUT2D eigenvalue weighted by Gasteiger charge is -2.06. The maximum absolute atomic E-state index is 12.8. The fourth-order valence-corrected chi connectivity index (χ4v) is 1.76. The van der Waals surface area contributed by atoms with E-state index in [9.17, 15) is 9.18 Å². The van der Waals surface area contributed by atoms with Gasteiger partial charge in [0.1, 0.15) is 5.82 Å². The van der Waals surface area contributed by atoms with E-state index in [2.05, 4.69) is 15.3 Å². The Labute approximate surface area is 122 Å². The summed E-state index contributed by atoms with van der Waals surface area (Å²) in [6, 6.07) is 11.1. The number of nitrogens with zero attached hydrogens (tertiary/aromatic N) is 1. The molecule has 108 valence electrons. The average molecular weight is 286 g/mol. The summed E-state index contributed by atoms with van der Waals surface area (Å²) in [6.07, 6.45) is 1.59. The van der Waals surface area contributed by atoms with Crippen molar-refractivity contribution in [3.8, 4) is 0 Å². The van der Waals surface area contributed by atoms with Crippen molar-refractivity contribution in [2.24, 2.45) is 5.10 Å². The van der Waals surface area contributed by atoms with Crippen LogP contribution in [0.4, 0.5) is 10.1 Å². The van der Waals surface area contributed by atoms with E-state index in [1.54, 1.807) is 36.5 Å². The lowest BCUT2D eigenvalue weighted by molar-refractivity contribution is 0.0600. The number of rotatable bonds is 4. The van der Waals surface area contributed by atoms with Crippen molar-refractivity contribution in [1.82, 2.24) is 0 Å². The Morgan fingerprint density at radius 1 is 1.24 bits per heavy atom. The van der Waals surface area contributed by atoms with Crippen LogP contribution in [0.1, 0.15) is 21.5 Å². The standard InChI is InChI=1S/C16H15FN2O2/c1-11-9-13(16(20)21-2)5-8-15(11)19-18-10-12-3-6-14(17)7-4-12/h3-10,19H,1-2H3. The smallest absolute Gasteiger partial charge is 0.337 e. The van der Waals surface area contributed by atoms with Crippen molar-refractivity contribution in [3.05, 3.63) is 65.0 Å². The molecule has 0 aliphatic carbocycles. The molecular formula is C16H15FN2O2. The van der Waals surface area contributed by atoms with Crippen LogP contribution >= 0.6 is 0 Å². The molecule has 2 aromatic carbocycles. The Kier molecular flexibility index (Phi) is 4.66. The Morgan fingerprint density at radius 2 is 1.95 bits per heavy atom. The quantitative estimate of drug-likeness (QED) is 0.532. The highest BCUT2D eigenvalue weighted by Crippen LogP contribution is 2.17. The van der Waals surface area contributed by atoms with Crippen LogP contribution in [-0.4, -0.2) is 19.3 Å². The summed E-state index contributed by atoms with van der Waals surface area (Å²) in [6.45, 7) is 1.86. The Hall–Kier alpha value is -2.69. The number of benzene rings is 2. The molecule has 0 spiro atoms. The van der Waals surface area contributed by atoms with Gasteiger partial charge in [-0.1, -0.05) is 12.1 Å². The first kappa shape index (κ1) is 14.7. The molecule has 0 saturated heterocycles. The molecule has 0 bridgehead atoms. The summed E-state index contributed by atoms with van der Waals surface area (Å²) in [5.74, 6) is -0.659. The van der Waals surface area contributed by atoms with Gasteiger partial charge in [-0.15, -0.1) is 0 Å². The molecule has 0 unspecified atom stereocenters. The van der Waals surface area contributed by atoms with Gasteiger partial charge in [0.2, 0.25) is 0 Å². The topological polar surface area (TPSA) is 50.7 Å². The number of esters is 1. The van der Waals surface area contributed by atoms with Crippen LogP contribution in [0.2, 0.25) is 0 Å². The van der Waals surface area contributed by atoms with Crippen molar-refractivity contribution in [3.63, 3.8) is 0 Å². The Bertz CT molecular complexity index is 666. The molecular weight excluding hydrogens is 271 g/mol. The third kappa shape index (κ3) is 3.89. The number of nitrogens with one attached hydrogen (secondary N) is 1. The monoisotopic (exact) mass is 286 g/mol. The lowest BCUT2D eigenvalue weighted by atomic mass is 10.1. The SMILES string of the molecule is COC(=O)c1ccc(NN=Cc2ccc(F)cc2)c(C)c1. The summed E-state index contributed by atoms with van der Waals surface area (Å²) in [5.41, 5.74) is 5.81. The number of aryl methyl sites for hydroxylation is 1. The van der Waals surface area contributed by atoms with Gasteiger partial charge in [0.05, 0.1) is 24.6 Å². The van der Waals surface area contributed by atoms with E-state index >= 15 is 0 Å². The van der Waals surface area contributed by atoms with Crippen molar-refractivity contribution in [2.45, 2.75) is 6.92 Å². The van der Waals surface area contributed by atoms with Crippen molar-refractivity contribution in [2.75, 3.05) is 12.5 Å². The first-order valence-electron chi connectivity index (χ1n) is 6.34. The molecule has 0 amide bonds. The third-order valence-electron chi connectivity index (χ3n) is 2.92. The average Bonchev–Trinajstić information content (AvgIpc) is 2.50. The van der Waals surface area contributed by atoms with E-state index in [4.69, 9.17) is 0 Å². The van der Waals surface area contributed by atoms with Crippen molar-refractivity contribution >= 4 is 17.9 Å². The number of hydrogen-bond acceptors (Lipinski definition) is 4. The zero-order chi connectivity index (χ0) is 15.2. The van der Waals surface area contributed by atoms with Crippen LogP contribution in [0.3, 0.4) is 0 Å². The summed E-state index contributed by atoms with van der Waals surface area (Å²) in [7, 11) is 1.34. The number of carbonyl (C=O) groups excluding carboxylic acids is 1. The minimum absolute atomic E-state index is 0.283. The molecule has 0 aliphatic rings. The largest absolute Gasteiger partial charge is 0.465 e. The van der Waals surface area contributed by atoms with Gasteiger partial charge < -0.3 is 4.74 Å². The highest BCUT2D eigenvalue weighted by atomic mass is 19.1. The summed E-state index contributed by atoms with van der Waals surface area (Å²) in [5, 5.41) is 4.08. The molecule has 2 rings (SSSR count). The van der Waals surface area contributed by atoms with Crippen LogP contribution in [0.25, 0.3) is 0 Å². The van der Waals surface area contributed by atoms with E-state index in [1.807, 2.05) is 6.92 Å². The number of hydrogen-bond donors (Lipinski definition) is 1. The highest BCUT2D eigenvalue weighted by Gasteiger charge is 2.06. The van der Waals surface area contributed by atoms with Crippen molar-refractivity contribution < 1.29 is 13.9 Å². The molecule has 4 nitrogen and oxygen atoms in total. The minimum Gasteiger partial charge on any atom is -0.465 e. The minimum atomic E-state index is -0.375. The highest BCUT2D eigenvalue weighted by molar-refractivity contribution is 5.90. The van der Waals surface area contributed by atoms with Gasteiger partial charge >= 0.3 is 5.97 Å². The molecule has 5 heteroatoms. The van der Waals surface area contributed by atoms with E-state index in [0.29, 0.717) is 5.56 Å². The van der Waals surface area contributed by atoms with E-state index in [1.165, 1.54) is 19.2 Å². The zero-order valence-electron chi connectivity index (χ0n) is 11.8. The molecule has 1 N–H and O–H groups in total. The van der Waals surface area contributed by atoms with Crippen LogP contribution < -0.4 is 5.43 Å². The van der Waals surface area contributed by atoms with Gasteiger partial charge in [-0.2, -0.15) is 5.10 Å². The van der Waals surface area contributed by atoms with E-state index in [-0.39, 0.29) is 11.8 Å². The maximum atomic E-state index is 12.8. The lowest BCUT2D eigenvalue weighted by Crippen LogP contribution is -2.02. The molecule has 0 atom stereocenters. The van der Waals surface area contributed by atoms with Gasteiger partial charge in [-0.25, -0.2) is 9.18 Å². The number of methoxy groups -OCH3 is 1. The molecule has 21 heavy (non-hydrogen) atoms. The number of anilines is 1. The fraction of sp³-hybridized carbons (Fsp3) is 0.125. The molecule has 0 heterocycles. The van der Waals surface area contributed by atoms with Gasteiger partial charge in [0.25, 0.3) is 0 Å². The number of halogens is 1. The summed E-state index contributed by atoms with van der Waals surface area (Å²) >= 11 is 0. The summed E-state index contributed by atoms with van der Waals surface area (Å²) < 4.78 is 17.4. The molecule has 0 saturated carbocycles. The Balaban J connectivity index is 2.06. The second-order valence-electron chi connectivity index (χ2n) is 4.44. The normalized spacial score (nSPS) is 10.6. The first-order chi connectivity index (χ1) is 10.1.